The van der Waals surface area contributed by atoms with E-state index in [9.17, 15) is 33.0 Å². The predicted octanol–water partition coefficient (Wildman–Crippen LogP) is 1.46. The smallest absolute Gasteiger partial charge is 0.490 e. The fraction of sp³-hybridized carbons (Fsp3) is 0.577. The molecule has 2 aliphatic carbocycles. The number of methoxy groups -OCH3 is 1. The number of rotatable bonds is 5. The summed E-state index contributed by atoms with van der Waals surface area (Å²) in [7, 11) is 3.59. The summed E-state index contributed by atoms with van der Waals surface area (Å²) in [6.45, 7) is 3.41. The molecular weight excluding hydrogens is 543 g/mol. The summed E-state index contributed by atoms with van der Waals surface area (Å²) >= 11 is 0. The number of carbonyl (C=O) groups excluding carboxylic acids is 2. The lowest BCUT2D eigenvalue weighted by Gasteiger charge is -2.61. The molecule has 1 unspecified atom stereocenters. The van der Waals surface area contributed by atoms with Gasteiger partial charge in [-0.3, -0.25) is 0 Å². The maximum Gasteiger partial charge on any atom is 0.490 e. The molecule has 0 aromatic heterocycles. The van der Waals surface area contributed by atoms with E-state index in [0.29, 0.717) is 36.5 Å². The van der Waals surface area contributed by atoms with Crippen LogP contribution in [0.3, 0.4) is 0 Å². The molecule has 1 spiro atoms. The van der Waals surface area contributed by atoms with Gasteiger partial charge in [0.1, 0.15) is 11.9 Å². The number of nitrogens with zero attached hydrogens (tertiary/aromatic N) is 1. The molecule has 0 saturated carbocycles. The second-order valence-electron chi connectivity index (χ2n) is 10.3. The average molecular weight is 574 g/mol. The number of alkyl halides is 3. The molecule has 0 amide bonds. The molecule has 1 aromatic rings. The van der Waals surface area contributed by atoms with Crippen LogP contribution in [0.2, 0.25) is 0 Å². The number of hydrogen-bond donors (Lipinski definition) is 3. The number of aliphatic hydroxyl groups is 2. The molecule has 4 aliphatic rings. The number of likely N-dealkylation sites (tertiary alicyclic amines) is 1. The zero-order valence-corrected chi connectivity index (χ0v) is 22.2. The van der Waals surface area contributed by atoms with Crippen molar-refractivity contribution in [3.8, 4) is 11.5 Å². The Bertz CT molecular complexity index is 1250. The number of aliphatic hydroxyl groups excluding tert-OH is 1. The zero-order valence-electron chi connectivity index (χ0n) is 22.2. The van der Waals surface area contributed by atoms with Crippen molar-refractivity contribution in [2.45, 2.75) is 74.7 Å². The van der Waals surface area contributed by atoms with Crippen LogP contribution in [0, 0.1) is 0 Å². The Kier molecular flexibility index (Phi) is 7.58. The summed E-state index contributed by atoms with van der Waals surface area (Å²) in [5.74, 6) is -2.99. The lowest BCUT2D eigenvalue weighted by atomic mass is 9.50. The molecule has 2 aliphatic heterocycles. The average Bonchev–Trinajstić information content (AvgIpc) is 3.23. The van der Waals surface area contributed by atoms with Gasteiger partial charge in [0.05, 0.1) is 18.1 Å². The van der Waals surface area contributed by atoms with Crippen LogP contribution in [-0.4, -0.2) is 95.0 Å². The highest BCUT2D eigenvalue weighted by molar-refractivity contribution is 5.81. The van der Waals surface area contributed by atoms with Crippen molar-refractivity contribution in [1.29, 1.82) is 0 Å². The lowest BCUT2D eigenvalue weighted by Crippen LogP contribution is -2.74. The van der Waals surface area contributed by atoms with Gasteiger partial charge in [-0.2, -0.15) is 13.2 Å². The van der Waals surface area contributed by atoms with E-state index in [2.05, 4.69) is 4.90 Å². The first kappa shape index (κ1) is 29.6. The van der Waals surface area contributed by atoms with Gasteiger partial charge in [-0.25, -0.2) is 14.4 Å². The van der Waals surface area contributed by atoms with Crippen LogP contribution in [0.1, 0.15) is 37.8 Å². The van der Waals surface area contributed by atoms with E-state index in [0.717, 1.165) is 17.7 Å². The number of halogens is 3. The molecule has 1 aromatic carbocycles. The molecule has 3 N–H and O–H groups in total. The quantitative estimate of drug-likeness (QED) is 0.439. The fourth-order valence-electron chi connectivity index (χ4n) is 6.11. The summed E-state index contributed by atoms with van der Waals surface area (Å²) in [5, 5.41) is 28.6. The topological polar surface area (TPSA) is 152 Å². The van der Waals surface area contributed by atoms with E-state index in [1.54, 1.807) is 13.2 Å². The Balaban J connectivity index is 0.000000470. The van der Waals surface area contributed by atoms with Gasteiger partial charge in [0.25, 0.3) is 0 Å². The van der Waals surface area contributed by atoms with Gasteiger partial charge < -0.3 is 39.2 Å². The first-order valence-corrected chi connectivity index (χ1v) is 12.5. The Labute approximate surface area is 227 Å². The highest BCUT2D eigenvalue weighted by Gasteiger charge is 2.72. The standard InChI is InChI=1S/C24H29NO8.C2HF3O2/c1-12(26)21(27)31-13(2)22(28)32-16-7-8-24(29)17-11-14-5-6-15(30-4)19-18(14)23(24,20(16)33-19)9-10-25(17)3;3-2(4,5)1(6)7/h5-7,12-13,17,20,26,29H,8-11H2,1-4H3;(H,6,7)/t12-,13?,17+,20-,23-,24+;/m0./s1. The normalized spacial score (nSPS) is 29.4. The molecule has 14 heteroatoms. The summed E-state index contributed by atoms with van der Waals surface area (Å²) in [5.41, 5.74) is 0.149. The van der Waals surface area contributed by atoms with Crippen molar-refractivity contribution < 1.29 is 61.8 Å². The number of piperidine rings is 1. The molecule has 2 bridgehead atoms. The first-order chi connectivity index (χ1) is 18.6. The van der Waals surface area contributed by atoms with Gasteiger partial charge in [-0.05, 0) is 58.0 Å². The number of hydrogen-bond acceptors (Lipinski definition) is 10. The maximum absolute atomic E-state index is 12.7. The third-order valence-electron chi connectivity index (χ3n) is 7.98. The second-order valence-corrected chi connectivity index (χ2v) is 10.3. The zero-order chi connectivity index (χ0) is 29.8. The van der Waals surface area contributed by atoms with Crippen LogP contribution in [-0.2, 0) is 35.7 Å². The number of ether oxygens (including phenoxy) is 4. The van der Waals surface area contributed by atoms with Crippen LogP contribution in [0.25, 0.3) is 0 Å². The predicted molar refractivity (Wildman–Crippen MR) is 128 cm³/mol. The molecule has 11 nitrogen and oxygen atoms in total. The molecule has 2 heterocycles. The van der Waals surface area contributed by atoms with E-state index >= 15 is 0 Å². The maximum atomic E-state index is 12.7. The van der Waals surface area contributed by atoms with Gasteiger partial charge in [0, 0.05) is 18.0 Å². The van der Waals surface area contributed by atoms with Crippen molar-refractivity contribution in [2.24, 2.45) is 0 Å². The summed E-state index contributed by atoms with van der Waals surface area (Å²) < 4.78 is 54.4. The Morgan fingerprint density at radius 3 is 2.42 bits per heavy atom. The number of carboxylic acid groups (broad SMARTS) is 1. The van der Waals surface area contributed by atoms with Gasteiger partial charge in [0.15, 0.2) is 23.7 Å². The lowest BCUT2D eigenvalue weighted by molar-refractivity contribution is -0.192. The monoisotopic (exact) mass is 573 g/mol. The minimum atomic E-state index is -5.08. The minimum Gasteiger partial charge on any atom is -0.493 e. The van der Waals surface area contributed by atoms with Crippen LogP contribution < -0.4 is 9.47 Å². The number of carbonyl (C=O) groups is 3. The number of likely N-dealkylation sites (N-methyl/N-ethyl adjacent to an activating group) is 1. The molecule has 6 atom stereocenters. The van der Waals surface area contributed by atoms with Crippen molar-refractivity contribution in [2.75, 3.05) is 20.7 Å². The van der Waals surface area contributed by atoms with Crippen LogP contribution >= 0.6 is 0 Å². The van der Waals surface area contributed by atoms with Gasteiger partial charge >= 0.3 is 24.1 Å². The third-order valence-corrected chi connectivity index (χ3v) is 7.98. The highest BCUT2D eigenvalue weighted by Crippen LogP contribution is 2.65. The highest BCUT2D eigenvalue weighted by atomic mass is 19.4. The van der Waals surface area contributed by atoms with Crippen molar-refractivity contribution in [3.05, 3.63) is 35.1 Å². The summed E-state index contributed by atoms with van der Waals surface area (Å²) in [6.07, 6.45) is -5.05. The minimum absolute atomic E-state index is 0.108. The molecule has 1 saturated heterocycles. The number of esters is 2. The fourth-order valence-corrected chi connectivity index (χ4v) is 6.11. The third kappa shape index (κ3) is 4.57. The number of carboxylic acids is 1. The number of benzene rings is 1. The van der Waals surface area contributed by atoms with Crippen molar-refractivity contribution in [1.82, 2.24) is 4.90 Å². The van der Waals surface area contributed by atoms with E-state index < -0.39 is 53.4 Å². The Morgan fingerprint density at radius 2 is 1.85 bits per heavy atom. The molecule has 0 radical (unpaired) electrons. The largest absolute Gasteiger partial charge is 0.493 e. The SMILES string of the molecule is COc1ccc2c3c1O[C@H]1C(OC(=O)C(C)OC(=O)[C@H](C)O)=CC[C@@]4(O)[C@@H](C2)N(C)CC[C@]314.O=C(O)C(F)(F)F. The van der Waals surface area contributed by atoms with Crippen molar-refractivity contribution >= 4 is 17.9 Å². The van der Waals surface area contributed by atoms with Gasteiger partial charge in [-0.15, -0.1) is 0 Å². The Hall–Kier alpha value is -3.36. The van der Waals surface area contributed by atoms with E-state index in [-0.39, 0.29) is 6.04 Å². The number of aliphatic carboxylic acids is 1. The molecule has 1 fully saturated rings. The van der Waals surface area contributed by atoms with Crippen LogP contribution in [0.5, 0.6) is 11.5 Å². The second kappa shape index (κ2) is 10.2. The van der Waals surface area contributed by atoms with E-state index in [4.69, 9.17) is 28.8 Å². The molecule has 40 heavy (non-hydrogen) atoms. The van der Waals surface area contributed by atoms with Crippen LogP contribution in [0.15, 0.2) is 24.0 Å². The van der Waals surface area contributed by atoms with Gasteiger partial charge in [-0.1, -0.05) is 6.07 Å². The first-order valence-electron chi connectivity index (χ1n) is 12.5. The van der Waals surface area contributed by atoms with Crippen LogP contribution in [0.4, 0.5) is 13.2 Å². The van der Waals surface area contributed by atoms with E-state index in [1.165, 1.54) is 13.8 Å². The summed E-state index contributed by atoms with van der Waals surface area (Å²) in [6, 6.07) is 3.79. The van der Waals surface area contributed by atoms with E-state index in [1.807, 2.05) is 19.2 Å². The van der Waals surface area contributed by atoms with Crippen molar-refractivity contribution in [3.63, 3.8) is 0 Å². The van der Waals surface area contributed by atoms with Gasteiger partial charge in [0.2, 0.25) is 0 Å². The molecule has 220 valence electrons. The summed E-state index contributed by atoms with van der Waals surface area (Å²) in [4.78, 5) is 35.5. The molecule has 5 rings (SSSR count). The molecular formula is C26H30F3NO10. The Morgan fingerprint density at radius 1 is 1.20 bits per heavy atom.